The molecule has 0 aliphatic carbocycles. The maximum absolute atomic E-state index is 10.7. The van der Waals surface area contributed by atoms with Gasteiger partial charge < -0.3 is 10.0 Å². The summed E-state index contributed by atoms with van der Waals surface area (Å²) in [7, 11) is 0. The molecule has 0 unspecified atom stereocenters. The zero-order chi connectivity index (χ0) is 31.5. The number of anilines is 3. The Balaban J connectivity index is 0.00000386. The van der Waals surface area contributed by atoms with Crippen molar-refractivity contribution in [2.75, 3.05) is 4.90 Å². The molecule has 0 amide bonds. The first-order chi connectivity index (χ1) is 22.5. The molecule has 232 valence electrons. The van der Waals surface area contributed by atoms with Gasteiger partial charge in [0, 0.05) is 27.3 Å². The topological polar surface area (TPSA) is 62.1 Å². The molecule has 5 nitrogen and oxygen atoms in total. The van der Waals surface area contributed by atoms with Gasteiger partial charge in [0.05, 0.1) is 16.9 Å². The van der Waals surface area contributed by atoms with Crippen LogP contribution in [0.2, 0.25) is 0 Å². The predicted octanol–water partition coefficient (Wildman–Crippen LogP) is 10.1. The Bertz CT molecular complexity index is 2110. The van der Waals surface area contributed by atoms with Crippen LogP contribution in [0.4, 0.5) is 17.2 Å². The zero-order valence-electron chi connectivity index (χ0n) is 25.9. The van der Waals surface area contributed by atoms with E-state index in [-0.39, 0.29) is 26.8 Å². The first kappa shape index (κ1) is 31.6. The summed E-state index contributed by atoms with van der Waals surface area (Å²) >= 11 is 0. The number of aromatic nitrogens is 3. The molecule has 0 fully saturated rings. The fourth-order valence-electron chi connectivity index (χ4n) is 5.81. The minimum absolute atomic E-state index is 0. The van der Waals surface area contributed by atoms with Crippen molar-refractivity contribution in [2.24, 2.45) is 0 Å². The molecule has 0 aliphatic heterocycles. The smallest absolute Gasteiger partial charge is 0.154 e. The van der Waals surface area contributed by atoms with E-state index in [1.165, 1.54) is 11.1 Å². The van der Waals surface area contributed by atoms with E-state index in [1.807, 2.05) is 97.2 Å². The molecule has 0 bridgehead atoms. The summed E-state index contributed by atoms with van der Waals surface area (Å²) in [5.74, 6) is 1.36. The van der Waals surface area contributed by atoms with Crippen LogP contribution >= 0.6 is 0 Å². The Morgan fingerprint density at radius 2 is 1.23 bits per heavy atom. The van der Waals surface area contributed by atoms with Gasteiger partial charge in [-0.25, -0.2) is 9.97 Å². The second-order valence-electron chi connectivity index (χ2n) is 11.1. The average Bonchev–Trinajstić information content (AvgIpc) is 3.11. The van der Waals surface area contributed by atoms with Gasteiger partial charge in [-0.1, -0.05) is 84.9 Å². The van der Waals surface area contributed by atoms with Crippen LogP contribution < -0.4 is 4.90 Å². The maximum Gasteiger partial charge on any atom is 0.154 e. The summed E-state index contributed by atoms with van der Waals surface area (Å²) < 4.78 is 0. The fourth-order valence-corrected chi connectivity index (χ4v) is 5.81. The van der Waals surface area contributed by atoms with Gasteiger partial charge in [-0.05, 0) is 89.4 Å². The largest absolute Gasteiger partial charge is 0.507 e. The molecule has 1 N–H and O–H groups in total. The molecule has 7 aromatic rings. The molecule has 2 heterocycles. The molecule has 6 heteroatoms. The number of rotatable bonds is 7. The van der Waals surface area contributed by atoms with Gasteiger partial charge in [-0.3, -0.25) is 4.98 Å². The second-order valence-corrected chi connectivity index (χ2v) is 11.1. The van der Waals surface area contributed by atoms with E-state index in [9.17, 15) is 5.11 Å². The number of phenolic OH excluding ortho intramolecular Hbond substituents is 1. The van der Waals surface area contributed by atoms with Gasteiger partial charge in [0.25, 0.3) is 0 Å². The van der Waals surface area contributed by atoms with Crippen molar-refractivity contribution >= 4 is 17.2 Å². The average molecular weight is 791 g/mol. The van der Waals surface area contributed by atoms with Crippen molar-refractivity contribution in [3.8, 4) is 50.8 Å². The number of hydrogen-bond donors (Lipinski definition) is 1. The first-order valence-electron chi connectivity index (χ1n) is 15.2. The summed E-state index contributed by atoms with van der Waals surface area (Å²) in [6.07, 6.45) is 1.81. The fraction of sp³-hybridized carbons (Fsp3) is 0.0488. The van der Waals surface area contributed by atoms with E-state index in [1.54, 1.807) is 12.1 Å². The number of hydrogen-bond acceptors (Lipinski definition) is 5. The molecule has 2 aromatic heterocycles. The third-order valence-electron chi connectivity index (χ3n) is 7.94. The van der Waals surface area contributed by atoms with Gasteiger partial charge in [0.1, 0.15) is 11.6 Å². The molecule has 0 saturated carbocycles. The SMILES string of the molecule is Cc1cc(-c2ccccc2)cc(C)c1N(c1[c-]c(-c2cc(-c3ccccc3)nc(-c3ccccc3O)n2)ccc1)c1ccccn1.[Pt]. The van der Waals surface area contributed by atoms with Gasteiger partial charge in [-0.15, -0.1) is 29.8 Å². The monoisotopic (exact) mass is 790 g/mol. The molecule has 5 aromatic carbocycles. The van der Waals surface area contributed by atoms with Crippen LogP contribution in [0, 0.1) is 19.9 Å². The summed E-state index contributed by atoms with van der Waals surface area (Å²) in [6, 6.07) is 49.7. The van der Waals surface area contributed by atoms with E-state index in [2.05, 4.69) is 61.2 Å². The summed E-state index contributed by atoms with van der Waals surface area (Å²) in [6.45, 7) is 4.29. The van der Waals surface area contributed by atoms with E-state index in [4.69, 9.17) is 15.0 Å². The molecule has 0 spiro atoms. The summed E-state index contributed by atoms with van der Waals surface area (Å²) in [5.41, 5.74) is 10.3. The number of aryl methyl sites for hydroxylation is 2. The Kier molecular flexibility index (Phi) is 9.37. The third kappa shape index (κ3) is 6.63. The maximum atomic E-state index is 10.7. The van der Waals surface area contributed by atoms with E-state index in [0.29, 0.717) is 17.1 Å². The number of nitrogens with zero attached hydrogens (tertiary/aromatic N) is 4. The van der Waals surface area contributed by atoms with Crippen molar-refractivity contribution < 1.29 is 26.2 Å². The van der Waals surface area contributed by atoms with Crippen molar-refractivity contribution in [2.45, 2.75) is 13.8 Å². The van der Waals surface area contributed by atoms with Crippen molar-refractivity contribution in [3.05, 3.63) is 163 Å². The Morgan fingerprint density at radius 1 is 0.596 bits per heavy atom. The minimum Gasteiger partial charge on any atom is -0.507 e. The normalized spacial score (nSPS) is 10.7. The molecule has 0 aliphatic rings. The Morgan fingerprint density at radius 3 is 1.91 bits per heavy atom. The van der Waals surface area contributed by atoms with E-state index >= 15 is 0 Å². The predicted molar refractivity (Wildman–Crippen MR) is 186 cm³/mol. The van der Waals surface area contributed by atoms with E-state index < -0.39 is 0 Å². The number of para-hydroxylation sites is 1. The van der Waals surface area contributed by atoms with Crippen molar-refractivity contribution in [1.29, 1.82) is 0 Å². The van der Waals surface area contributed by atoms with Crippen LogP contribution in [0.3, 0.4) is 0 Å². The number of benzene rings is 5. The first-order valence-corrected chi connectivity index (χ1v) is 15.2. The number of pyridine rings is 1. The molecular formula is C41H31N4OPt-. The number of aromatic hydroxyl groups is 1. The van der Waals surface area contributed by atoms with E-state index in [0.717, 1.165) is 45.1 Å². The summed E-state index contributed by atoms with van der Waals surface area (Å²) in [5, 5.41) is 10.7. The molecule has 47 heavy (non-hydrogen) atoms. The van der Waals surface area contributed by atoms with Gasteiger partial charge in [-0.2, -0.15) is 0 Å². The minimum atomic E-state index is 0. The van der Waals surface area contributed by atoms with Crippen molar-refractivity contribution in [3.63, 3.8) is 0 Å². The molecule has 0 atom stereocenters. The Hall–Kier alpha value is -5.38. The van der Waals surface area contributed by atoms with Crippen LogP contribution in [0.5, 0.6) is 5.75 Å². The standard InChI is InChI=1S/C41H31N4O.Pt/c1-28-24-33(30-14-5-3-6-15-30)25-29(2)40(28)45(39-22-11-12-23-42-39)34-19-13-18-32(26-34)37-27-36(31-16-7-4-8-17-31)43-41(44-37)35-20-9-10-21-38(35)46;/h3-25,27,46H,1-2H3;/q-1;. The molecule has 0 radical (unpaired) electrons. The van der Waals surface area contributed by atoms with Gasteiger partial charge in [0.2, 0.25) is 0 Å². The van der Waals surface area contributed by atoms with Crippen LogP contribution in [0.1, 0.15) is 11.1 Å². The number of phenols is 1. The van der Waals surface area contributed by atoms with Crippen molar-refractivity contribution in [1.82, 2.24) is 15.0 Å². The summed E-state index contributed by atoms with van der Waals surface area (Å²) in [4.78, 5) is 16.7. The molecular weight excluding hydrogens is 760 g/mol. The van der Waals surface area contributed by atoms with Crippen LogP contribution in [0.25, 0.3) is 45.0 Å². The van der Waals surface area contributed by atoms with Gasteiger partial charge in [0.15, 0.2) is 5.82 Å². The van der Waals surface area contributed by atoms with Crippen LogP contribution in [0.15, 0.2) is 146 Å². The van der Waals surface area contributed by atoms with Crippen LogP contribution in [-0.2, 0) is 21.1 Å². The quantitative estimate of drug-likeness (QED) is 0.163. The van der Waals surface area contributed by atoms with Gasteiger partial charge >= 0.3 is 0 Å². The zero-order valence-corrected chi connectivity index (χ0v) is 28.2. The Labute approximate surface area is 289 Å². The van der Waals surface area contributed by atoms with Crippen LogP contribution in [-0.4, -0.2) is 20.1 Å². The molecule has 7 rings (SSSR count). The second kappa shape index (κ2) is 13.9. The third-order valence-corrected chi connectivity index (χ3v) is 7.94. The molecule has 0 saturated heterocycles.